The fourth-order valence-corrected chi connectivity index (χ4v) is 2.01. The minimum Gasteiger partial charge on any atom is -0.291 e. The van der Waals surface area contributed by atoms with Crippen LogP contribution in [-0.2, 0) is 0 Å². The zero-order valence-electron chi connectivity index (χ0n) is 10.5. The molecule has 0 saturated heterocycles. The van der Waals surface area contributed by atoms with E-state index in [1.807, 2.05) is 22.9 Å². The number of benzene rings is 1. The average molecular weight is 237 g/mol. The molecule has 1 aromatic carbocycles. The van der Waals surface area contributed by atoms with E-state index in [0.717, 1.165) is 17.0 Å². The van der Waals surface area contributed by atoms with Crippen LogP contribution in [0.5, 0.6) is 0 Å². The van der Waals surface area contributed by atoms with Gasteiger partial charge in [0, 0.05) is 24.2 Å². The monoisotopic (exact) mass is 237 g/mol. The van der Waals surface area contributed by atoms with Crippen molar-refractivity contribution >= 4 is 5.78 Å². The summed E-state index contributed by atoms with van der Waals surface area (Å²) in [5.74, 6) is 1.29. The third-order valence-electron chi connectivity index (χ3n) is 3.11. The van der Waals surface area contributed by atoms with E-state index in [9.17, 15) is 0 Å². The Balaban J connectivity index is 2.03. The molecule has 0 bridgehead atoms. The van der Waals surface area contributed by atoms with Gasteiger partial charge in [0.2, 0.25) is 5.78 Å². The summed E-state index contributed by atoms with van der Waals surface area (Å²) in [6.07, 6.45) is 5.72. The first-order chi connectivity index (χ1) is 8.74. The number of hydrogen-bond acceptors (Lipinski definition) is 2. The largest absolute Gasteiger partial charge is 0.291 e. The van der Waals surface area contributed by atoms with Gasteiger partial charge in [-0.25, -0.2) is 9.97 Å². The van der Waals surface area contributed by atoms with Crippen LogP contribution in [0.2, 0.25) is 0 Å². The van der Waals surface area contributed by atoms with Gasteiger partial charge in [-0.2, -0.15) is 0 Å². The van der Waals surface area contributed by atoms with Gasteiger partial charge in [-0.3, -0.25) is 4.40 Å². The highest BCUT2D eigenvalue weighted by Crippen LogP contribution is 2.21. The molecule has 3 aromatic rings. The van der Waals surface area contributed by atoms with E-state index in [-0.39, 0.29) is 0 Å². The van der Waals surface area contributed by atoms with Crippen molar-refractivity contribution in [3.8, 4) is 11.3 Å². The summed E-state index contributed by atoms with van der Waals surface area (Å²) < 4.78 is 1.94. The number of nitrogens with zero attached hydrogens (tertiary/aromatic N) is 3. The summed E-state index contributed by atoms with van der Waals surface area (Å²) in [4.78, 5) is 8.73. The zero-order chi connectivity index (χ0) is 12.5. The van der Waals surface area contributed by atoms with Crippen molar-refractivity contribution in [2.45, 2.75) is 19.8 Å². The molecule has 90 valence electrons. The standard InChI is InChI=1S/C15H15N3/c1-11(2)12-4-6-13(7-5-12)14-10-18-9-3-8-16-15(18)17-14/h3-11H,1-2H3. The second-order valence-electron chi connectivity index (χ2n) is 4.73. The normalized spacial score (nSPS) is 11.3. The zero-order valence-corrected chi connectivity index (χ0v) is 10.5. The van der Waals surface area contributed by atoms with Crippen molar-refractivity contribution in [3.05, 3.63) is 54.5 Å². The van der Waals surface area contributed by atoms with E-state index < -0.39 is 0 Å². The minimum atomic E-state index is 0.557. The fraction of sp³-hybridized carbons (Fsp3) is 0.200. The average Bonchev–Trinajstić information content (AvgIpc) is 2.82. The van der Waals surface area contributed by atoms with Crippen molar-refractivity contribution in [3.63, 3.8) is 0 Å². The molecule has 0 atom stereocenters. The Kier molecular flexibility index (Phi) is 2.59. The predicted octanol–water partition coefficient (Wildman–Crippen LogP) is 3.52. The summed E-state index contributed by atoms with van der Waals surface area (Å²) in [5, 5.41) is 0. The highest BCUT2D eigenvalue weighted by Gasteiger charge is 2.05. The number of aromatic nitrogens is 3. The summed E-state index contributed by atoms with van der Waals surface area (Å²) in [7, 11) is 0. The molecule has 2 heterocycles. The Labute approximate surface area is 106 Å². The molecule has 0 fully saturated rings. The summed E-state index contributed by atoms with van der Waals surface area (Å²) in [5.41, 5.74) is 3.44. The van der Waals surface area contributed by atoms with Crippen LogP contribution in [-0.4, -0.2) is 14.4 Å². The lowest BCUT2D eigenvalue weighted by atomic mass is 10.0. The molecule has 0 unspecified atom stereocenters. The van der Waals surface area contributed by atoms with Gasteiger partial charge in [0.25, 0.3) is 0 Å². The molecule has 0 aliphatic carbocycles. The highest BCUT2D eigenvalue weighted by atomic mass is 15.1. The Morgan fingerprint density at radius 1 is 1.11 bits per heavy atom. The van der Waals surface area contributed by atoms with E-state index >= 15 is 0 Å². The van der Waals surface area contributed by atoms with E-state index in [2.05, 4.69) is 48.1 Å². The van der Waals surface area contributed by atoms with Crippen molar-refractivity contribution in [2.24, 2.45) is 0 Å². The van der Waals surface area contributed by atoms with E-state index in [1.54, 1.807) is 6.20 Å². The van der Waals surface area contributed by atoms with Gasteiger partial charge in [-0.15, -0.1) is 0 Å². The summed E-state index contributed by atoms with van der Waals surface area (Å²) >= 11 is 0. The van der Waals surface area contributed by atoms with Gasteiger partial charge in [-0.05, 0) is 17.5 Å². The number of hydrogen-bond donors (Lipinski definition) is 0. The van der Waals surface area contributed by atoms with Crippen molar-refractivity contribution in [1.29, 1.82) is 0 Å². The van der Waals surface area contributed by atoms with E-state index in [0.29, 0.717) is 5.92 Å². The highest BCUT2D eigenvalue weighted by molar-refractivity contribution is 5.61. The van der Waals surface area contributed by atoms with Gasteiger partial charge in [0.15, 0.2) is 0 Å². The number of fused-ring (bicyclic) bond motifs is 1. The topological polar surface area (TPSA) is 30.2 Å². The molecular weight excluding hydrogens is 222 g/mol. The second-order valence-corrected chi connectivity index (χ2v) is 4.73. The first-order valence-corrected chi connectivity index (χ1v) is 6.14. The lowest BCUT2D eigenvalue weighted by molar-refractivity contribution is 0.867. The maximum Gasteiger partial charge on any atom is 0.234 e. The van der Waals surface area contributed by atoms with Crippen LogP contribution in [0.3, 0.4) is 0 Å². The first kappa shape index (κ1) is 11.0. The lowest BCUT2D eigenvalue weighted by Gasteiger charge is -2.05. The molecule has 3 nitrogen and oxygen atoms in total. The van der Waals surface area contributed by atoms with Crippen LogP contribution in [0.4, 0.5) is 0 Å². The molecule has 0 N–H and O–H groups in total. The number of imidazole rings is 1. The smallest absolute Gasteiger partial charge is 0.234 e. The molecule has 18 heavy (non-hydrogen) atoms. The molecule has 2 aromatic heterocycles. The molecule has 0 amide bonds. The molecule has 3 rings (SSSR count). The molecule has 0 saturated carbocycles. The van der Waals surface area contributed by atoms with Crippen molar-refractivity contribution in [1.82, 2.24) is 14.4 Å². The lowest BCUT2D eigenvalue weighted by Crippen LogP contribution is -1.86. The van der Waals surface area contributed by atoms with Crippen molar-refractivity contribution in [2.75, 3.05) is 0 Å². The Morgan fingerprint density at radius 3 is 2.56 bits per heavy atom. The van der Waals surface area contributed by atoms with Crippen LogP contribution in [0, 0.1) is 0 Å². The van der Waals surface area contributed by atoms with Gasteiger partial charge in [0.1, 0.15) is 0 Å². The minimum absolute atomic E-state index is 0.557. The van der Waals surface area contributed by atoms with E-state index in [1.165, 1.54) is 5.56 Å². The van der Waals surface area contributed by atoms with Crippen molar-refractivity contribution < 1.29 is 0 Å². The third kappa shape index (κ3) is 1.88. The molecular formula is C15H15N3. The van der Waals surface area contributed by atoms with Gasteiger partial charge < -0.3 is 0 Å². The molecule has 0 radical (unpaired) electrons. The summed E-state index contributed by atoms with van der Waals surface area (Å²) in [6.45, 7) is 4.40. The third-order valence-corrected chi connectivity index (χ3v) is 3.11. The molecule has 0 aliphatic rings. The molecule has 0 aliphatic heterocycles. The van der Waals surface area contributed by atoms with Gasteiger partial charge >= 0.3 is 0 Å². The fourth-order valence-electron chi connectivity index (χ4n) is 2.01. The first-order valence-electron chi connectivity index (χ1n) is 6.14. The van der Waals surface area contributed by atoms with E-state index in [4.69, 9.17) is 0 Å². The van der Waals surface area contributed by atoms with Crippen LogP contribution in [0.25, 0.3) is 17.0 Å². The maximum atomic E-state index is 4.51. The van der Waals surface area contributed by atoms with Gasteiger partial charge in [0.05, 0.1) is 5.69 Å². The summed E-state index contributed by atoms with van der Waals surface area (Å²) in [6, 6.07) is 10.5. The Morgan fingerprint density at radius 2 is 1.89 bits per heavy atom. The quantitative estimate of drug-likeness (QED) is 0.682. The SMILES string of the molecule is CC(C)c1ccc(-c2cn3cccnc3n2)cc1. The van der Waals surface area contributed by atoms with Crippen LogP contribution < -0.4 is 0 Å². The molecule has 3 heteroatoms. The van der Waals surface area contributed by atoms with Crippen LogP contribution in [0.1, 0.15) is 25.3 Å². The Hall–Kier alpha value is -2.16. The second kappa shape index (κ2) is 4.26. The van der Waals surface area contributed by atoms with Crippen LogP contribution in [0.15, 0.2) is 48.9 Å². The molecule has 0 spiro atoms. The predicted molar refractivity (Wildman–Crippen MR) is 72.5 cm³/mol. The Bertz CT molecular complexity index is 633. The van der Waals surface area contributed by atoms with Crippen LogP contribution >= 0.6 is 0 Å². The van der Waals surface area contributed by atoms with Gasteiger partial charge in [-0.1, -0.05) is 38.1 Å². The maximum absolute atomic E-state index is 4.51. The number of rotatable bonds is 2.